The number of hydrogen-bond donors (Lipinski definition) is 2. The number of hydrogen-bond acceptors (Lipinski definition) is 3. The van der Waals surface area contributed by atoms with E-state index in [1.54, 1.807) is 0 Å². The van der Waals surface area contributed by atoms with Crippen LogP contribution in [0.4, 0.5) is 0 Å². The summed E-state index contributed by atoms with van der Waals surface area (Å²) in [5, 5.41) is 12.7. The lowest BCUT2D eigenvalue weighted by Crippen LogP contribution is -2.26. The fraction of sp³-hybridized carbons (Fsp3) is 0.190. The summed E-state index contributed by atoms with van der Waals surface area (Å²) < 4.78 is 2.07. The molecule has 0 atom stereocenters. The summed E-state index contributed by atoms with van der Waals surface area (Å²) in [6.07, 6.45) is 4.08. The molecule has 2 aromatic carbocycles. The first kappa shape index (κ1) is 15.8. The molecule has 0 spiro atoms. The van der Waals surface area contributed by atoms with Crippen LogP contribution in [0, 0.1) is 0 Å². The number of aryl methyl sites for hydroxylation is 2. The van der Waals surface area contributed by atoms with Gasteiger partial charge in [0.05, 0.1) is 18.7 Å². The van der Waals surface area contributed by atoms with E-state index in [0.29, 0.717) is 13.0 Å². The molecule has 0 bridgehead atoms. The SMILES string of the molecule is O=C(Cc1c[nH]c2ccccc12)NCc1nnc2n1-c1ccccc1CC2. The van der Waals surface area contributed by atoms with Gasteiger partial charge in [-0.25, -0.2) is 0 Å². The highest BCUT2D eigenvalue weighted by Gasteiger charge is 2.21. The Kier molecular flexibility index (Phi) is 3.74. The number of carbonyl (C=O) groups is 1. The monoisotopic (exact) mass is 357 g/mol. The van der Waals surface area contributed by atoms with Gasteiger partial charge in [-0.2, -0.15) is 0 Å². The van der Waals surface area contributed by atoms with Gasteiger partial charge in [-0.15, -0.1) is 10.2 Å². The van der Waals surface area contributed by atoms with Gasteiger partial charge in [0.15, 0.2) is 5.82 Å². The van der Waals surface area contributed by atoms with Gasteiger partial charge >= 0.3 is 0 Å². The molecule has 0 unspecified atom stereocenters. The third-order valence-electron chi connectivity index (χ3n) is 5.12. The largest absolute Gasteiger partial charge is 0.361 e. The number of carbonyl (C=O) groups excluding carboxylic acids is 1. The Morgan fingerprint density at radius 2 is 1.93 bits per heavy atom. The van der Waals surface area contributed by atoms with Crippen LogP contribution in [0.5, 0.6) is 0 Å². The van der Waals surface area contributed by atoms with E-state index in [0.717, 1.165) is 46.6 Å². The zero-order chi connectivity index (χ0) is 18.2. The van der Waals surface area contributed by atoms with Crippen LogP contribution in [-0.2, 0) is 30.6 Å². The fourth-order valence-electron chi connectivity index (χ4n) is 3.79. The highest BCUT2D eigenvalue weighted by molar-refractivity contribution is 5.88. The number of fused-ring (bicyclic) bond motifs is 4. The van der Waals surface area contributed by atoms with Gasteiger partial charge in [0, 0.05) is 23.5 Å². The first-order chi connectivity index (χ1) is 13.3. The molecule has 1 amide bonds. The summed E-state index contributed by atoms with van der Waals surface area (Å²) in [7, 11) is 0. The number of nitrogens with one attached hydrogen (secondary N) is 2. The summed E-state index contributed by atoms with van der Waals surface area (Å²) in [5.41, 5.74) is 4.45. The Bertz CT molecular complexity index is 1140. The van der Waals surface area contributed by atoms with Crippen molar-refractivity contribution in [1.82, 2.24) is 25.1 Å². The van der Waals surface area contributed by atoms with E-state index >= 15 is 0 Å². The molecule has 27 heavy (non-hydrogen) atoms. The van der Waals surface area contributed by atoms with Crippen molar-refractivity contribution in [2.24, 2.45) is 0 Å². The van der Waals surface area contributed by atoms with Crippen LogP contribution in [0.3, 0.4) is 0 Å². The van der Waals surface area contributed by atoms with Crippen LogP contribution in [-0.4, -0.2) is 25.7 Å². The number of aromatic nitrogens is 4. The Labute approximate surface area is 156 Å². The number of H-pyrrole nitrogens is 1. The van der Waals surface area contributed by atoms with E-state index < -0.39 is 0 Å². The summed E-state index contributed by atoms with van der Waals surface area (Å²) in [6, 6.07) is 16.3. The molecule has 0 saturated heterocycles. The number of amides is 1. The van der Waals surface area contributed by atoms with Gasteiger partial charge in [-0.1, -0.05) is 36.4 Å². The van der Waals surface area contributed by atoms with E-state index in [1.165, 1.54) is 5.56 Å². The van der Waals surface area contributed by atoms with Crippen molar-refractivity contribution < 1.29 is 4.79 Å². The zero-order valence-electron chi connectivity index (χ0n) is 14.8. The highest BCUT2D eigenvalue weighted by Crippen LogP contribution is 2.24. The van der Waals surface area contributed by atoms with Gasteiger partial charge in [0.25, 0.3) is 0 Å². The number of para-hydroxylation sites is 2. The minimum absolute atomic E-state index is 0.0267. The van der Waals surface area contributed by atoms with E-state index in [4.69, 9.17) is 0 Å². The van der Waals surface area contributed by atoms with Crippen LogP contribution >= 0.6 is 0 Å². The van der Waals surface area contributed by atoms with Crippen LogP contribution in [0.2, 0.25) is 0 Å². The fourth-order valence-corrected chi connectivity index (χ4v) is 3.79. The summed E-state index contributed by atoms with van der Waals surface area (Å²) in [5.74, 6) is 1.69. The zero-order valence-corrected chi connectivity index (χ0v) is 14.8. The van der Waals surface area contributed by atoms with E-state index in [-0.39, 0.29) is 5.91 Å². The van der Waals surface area contributed by atoms with Crippen LogP contribution in [0.15, 0.2) is 54.7 Å². The molecule has 3 heterocycles. The topological polar surface area (TPSA) is 75.6 Å². The molecule has 1 aliphatic heterocycles. The average molecular weight is 357 g/mol. The Hall–Kier alpha value is -3.41. The van der Waals surface area contributed by atoms with Crippen molar-refractivity contribution in [1.29, 1.82) is 0 Å². The van der Waals surface area contributed by atoms with Crippen LogP contribution in [0.1, 0.15) is 22.8 Å². The highest BCUT2D eigenvalue weighted by atomic mass is 16.1. The molecule has 5 rings (SSSR count). The molecule has 1 aliphatic rings. The van der Waals surface area contributed by atoms with Gasteiger partial charge in [-0.3, -0.25) is 9.36 Å². The first-order valence-electron chi connectivity index (χ1n) is 9.13. The second-order valence-electron chi connectivity index (χ2n) is 6.81. The van der Waals surface area contributed by atoms with Gasteiger partial charge in [0.1, 0.15) is 5.82 Å². The third kappa shape index (κ3) is 2.79. The molecule has 0 saturated carbocycles. The molecule has 2 N–H and O–H groups in total. The molecule has 6 nitrogen and oxygen atoms in total. The molecular weight excluding hydrogens is 338 g/mol. The van der Waals surface area contributed by atoms with Gasteiger partial charge in [-0.05, 0) is 29.7 Å². The number of rotatable bonds is 4. The smallest absolute Gasteiger partial charge is 0.224 e. The maximum Gasteiger partial charge on any atom is 0.224 e. The maximum atomic E-state index is 12.5. The predicted molar refractivity (Wildman–Crippen MR) is 103 cm³/mol. The standard InChI is InChI=1S/C21H19N5O/c27-21(11-15-12-22-17-7-3-2-6-16(15)17)23-13-20-25-24-19-10-9-14-5-1-4-8-18(14)26(19)20/h1-8,12,22H,9-11,13H2,(H,23,27). The molecule has 2 aromatic heterocycles. The Balaban J connectivity index is 1.33. The lowest BCUT2D eigenvalue weighted by molar-refractivity contribution is -0.120. The third-order valence-corrected chi connectivity index (χ3v) is 5.12. The van der Waals surface area contributed by atoms with Crippen molar-refractivity contribution >= 4 is 16.8 Å². The minimum Gasteiger partial charge on any atom is -0.361 e. The quantitative estimate of drug-likeness (QED) is 0.590. The summed E-state index contributed by atoms with van der Waals surface area (Å²) in [4.78, 5) is 15.7. The number of nitrogens with zero attached hydrogens (tertiary/aromatic N) is 3. The molecular formula is C21H19N5O. The number of benzene rings is 2. The van der Waals surface area contributed by atoms with Gasteiger partial charge < -0.3 is 10.3 Å². The van der Waals surface area contributed by atoms with E-state index in [9.17, 15) is 4.79 Å². The normalized spacial score (nSPS) is 12.6. The average Bonchev–Trinajstić information content (AvgIpc) is 3.31. The van der Waals surface area contributed by atoms with Crippen LogP contribution in [0.25, 0.3) is 16.6 Å². The van der Waals surface area contributed by atoms with Crippen LogP contribution < -0.4 is 5.32 Å². The number of aromatic amines is 1. The van der Waals surface area contributed by atoms with Gasteiger partial charge in [0.2, 0.25) is 5.91 Å². The Morgan fingerprint density at radius 1 is 1.07 bits per heavy atom. The predicted octanol–water partition coefficient (Wildman–Crippen LogP) is 2.71. The second-order valence-corrected chi connectivity index (χ2v) is 6.81. The summed E-state index contributed by atoms with van der Waals surface area (Å²) in [6.45, 7) is 0.364. The molecule has 6 heteroatoms. The summed E-state index contributed by atoms with van der Waals surface area (Å²) >= 11 is 0. The maximum absolute atomic E-state index is 12.5. The van der Waals surface area contributed by atoms with E-state index in [1.807, 2.05) is 36.5 Å². The first-order valence-corrected chi connectivity index (χ1v) is 9.13. The molecule has 0 radical (unpaired) electrons. The minimum atomic E-state index is -0.0267. The van der Waals surface area contributed by atoms with Crippen molar-refractivity contribution in [2.75, 3.05) is 0 Å². The molecule has 0 fully saturated rings. The second kappa shape index (κ2) is 6.39. The lowest BCUT2D eigenvalue weighted by atomic mass is 10.0. The van der Waals surface area contributed by atoms with Crippen molar-refractivity contribution in [3.05, 3.63) is 77.5 Å². The van der Waals surface area contributed by atoms with Crippen molar-refractivity contribution in [2.45, 2.75) is 25.8 Å². The molecule has 134 valence electrons. The van der Waals surface area contributed by atoms with Crippen molar-refractivity contribution in [3.8, 4) is 5.69 Å². The molecule has 0 aliphatic carbocycles. The lowest BCUT2D eigenvalue weighted by Gasteiger charge is -2.19. The van der Waals surface area contributed by atoms with Crippen molar-refractivity contribution in [3.63, 3.8) is 0 Å². The molecule has 4 aromatic rings. The van der Waals surface area contributed by atoms with E-state index in [2.05, 4.69) is 43.3 Å². The Morgan fingerprint density at radius 3 is 2.89 bits per heavy atom.